The summed E-state index contributed by atoms with van der Waals surface area (Å²) in [5.74, 6) is 1.01. The topological polar surface area (TPSA) is 68.5 Å². The van der Waals surface area contributed by atoms with E-state index in [0.29, 0.717) is 37.5 Å². The summed E-state index contributed by atoms with van der Waals surface area (Å²) in [6.45, 7) is 5.01. The van der Waals surface area contributed by atoms with Crippen LogP contribution < -0.4 is 0 Å². The second kappa shape index (κ2) is 5.95. The van der Waals surface area contributed by atoms with Crippen LogP contribution in [0.2, 0.25) is 0 Å². The summed E-state index contributed by atoms with van der Waals surface area (Å²) in [7, 11) is 0. The average Bonchev–Trinajstić information content (AvgIpc) is 3.10. The van der Waals surface area contributed by atoms with Gasteiger partial charge in [-0.1, -0.05) is 6.92 Å². The molecule has 1 aliphatic carbocycles. The molecule has 0 spiro atoms. The van der Waals surface area contributed by atoms with E-state index in [0.717, 1.165) is 19.3 Å². The average molecular weight is 253 g/mol. The Morgan fingerprint density at radius 2 is 2.11 bits per heavy atom. The second-order valence-corrected chi connectivity index (χ2v) is 4.38. The van der Waals surface area contributed by atoms with Crippen LogP contribution in [0.25, 0.3) is 0 Å². The summed E-state index contributed by atoms with van der Waals surface area (Å²) >= 11 is 0. The fourth-order valence-corrected chi connectivity index (χ4v) is 1.80. The Kier molecular flexibility index (Phi) is 4.30. The summed E-state index contributed by atoms with van der Waals surface area (Å²) in [5.41, 5.74) is 0. The van der Waals surface area contributed by atoms with E-state index >= 15 is 0 Å². The van der Waals surface area contributed by atoms with Gasteiger partial charge in [0.1, 0.15) is 0 Å². The number of esters is 1. The van der Waals surface area contributed by atoms with Crippen LogP contribution in [0.4, 0.5) is 0 Å². The van der Waals surface area contributed by atoms with Crippen molar-refractivity contribution < 1.29 is 13.9 Å². The standard InChI is InChI=1S/C12H19N3O3/c1-3-10-13-14-11(18-10)7-15(9-5-6-9)8-12(16)17-4-2/h9H,3-8H2,1-2H3. The van der Waals surface area contributed by atoms with Crippen molar-refractivity contribution in [2.24, 2.45) is 0 Å². The number of nitrogens with zero attached hydrogens (tertiary/aromatic N) is 3. The zero-order valence-corrected chi connectivity index (χ0v) is 10.9. The lowest BCUT2D eigenvalue weighted by Gasteiger charge is -2.18. The van der Waals surface area contributed by atoms with E-state index in [9.17, 15) is 4.79 Å². The predicted molar refractivity (Wildman–Crippen MR) is 63.7 cm³/mol. The van der Waals surface area contributed by atoms with Gasteiger partial charge in [0, 0.05) is 12.5 Å². The Labute approximate surface area is 106 Å². The third-order valence-corrected chi connectivity index (χ3v) is 2.85. The first kappa shape index (κ1) is 13.0. The molecule has 1 fully saturated rings. The Hall–Kier alpha value is -1.43. The van der Waals surface area contributed by atoms with Gasteiger partial charge in [0.05, 0.1) is 19.7 Å². The molecular weight excluding hydrogens is 234 g/mol. The molecular formula is C12H19N3O3. The van der Waals surface area contributed by atoms with Gasteiger partial charge in [-0.2, -0.15) is 0 Å². The molecule has 0 unspecified atom stereocenters. The highest BCUT2D eigenvalue weighted by Crippen LogP contribution is 2.27. The summed E-state index contributed by atoms with van der Waals surface area (Å²) < 4.78 is 10.4. The van der Waals surface area contributed by atoms with Gasteiger partial charge in [-0.05, 0) is 19.8 Å². The zero-order chi connectivity index (χ0) is 13.0. The first-order valence-corrected chi connectivity index (χ1v) is 6.43. The molecule has 100 valence electrons. The lowest BCUT2D eigenvalue weighted by Crippen LogP contribution is -2.32. The highest BCUT2D eigenvalue weighted by molar-refractivity contribution is 5.71. The third-order valence-electron chi connectivity index (χ3n) is 2.85. The summed E-state index contributed by atoms with van der Waals surface area (Å²) in [6, 6.07) is 0.450. The normalized spacial score (nSPS) is 15.1. The molecule has 0 aliphatic heterocycles. The number of hydrogen-bond acceptors (Lipinski definition) is 6. The molecule has 1 aliphatic rings. The Balaban J connectivity index is 1.91. The fraction of sp³-hybridized carbons (Fsp3) is 0.750. The van der Waals surface area contributed by atoms with Crippen molar-refractivity contribution in [1.82, 2.24) is 15.1 Å². The summed E-state index contributed by atoms with van der Waals surface area (Å²) in [6.07, 6.45) is 2.97. The van der Waals surface area contributed by atoms with E-state index in [1.807, 2.05) is 18.7 Å². The lowest BCUT2D eigenvalue weighted by atomic mass is 10.4. The Bertz CT molecular complexity index is 401. The van der Waals surface area contributed by atoms with Crippen LogP contribution in [-0.4, -0.2) is 40.3 Å². The monoisotopic (exact) mass is 253 g/mol. The molecule has 18 heavy (non-hydrogen) atoms. The number of aryl methyl sites for hydroxylation is 1. The minimum atomic E-state index is -0.195. The summed E-state index contributed by atoms with van der Waals surface area (Å²) in [4.78, 5) is 13.6. The minimum Gasteiger partial charge on any atom is -0.465 e. The molecule has 6 nitrogen and oxygen atoms in total. The molecule has 1 aromatic heterocycles. The van der Waals surface area contributed by atoms with Gasteiger partial charge < -0.3 is 9.15 Å². The largest absolute Gasteiger partial charge is 0.465 e. The number of rotatable bonds is 7. The van der Waals surface area contributed by atoms with E-state index in [1.165, 1.54) is 0 Å². The van der Waals surface area contributed by atoms with Crippen LogP contribution in [0, 0.1) is 0 Å². The SMILES string of the molecule is CCOC(=O)CN(Cc1nnc(CC)o1)C1CC1. The van der Waals surface area contributed by atoms with E-state index in [4.69, 9.17) is 9.15 Å². The first-order valence-electron chi connectivity index (χ1n) is 6.43. The lowest BCUT2D eigenvalue weighted by molar-refractivity contribution is -0.144. The quantitative estimate of drug-likeness (QED) is 0.679. The number of aromatic nitrogens is 2. The van der Waals surface area contributed by atoms with Crippen LogP contribution in [0.1, 0.15) is 38.5 Å². The van der Waals surface area contributed by atoms with Gasteiger partial charge in [-0.15, -0.1) is 10.2 Å². The molecule has 0 atom stereocenters. The molecule has 0 bridgehead atoms. The van der Waals surface area contributed by atoms with Crippen LogP contribution in [0.3, 0.4) is 0 Å². The molecule has 0 N–H and O–H groups in total. The molecule has 0 saturated heterocycles. The Morgan fingerprint density at radius 3 is 2.67 bits per heavy atom. The van der Waals surface area contributed by atoms with Crippen molar-refractivity contribution in [3.63, 3.8) is 0 Å². The summed E-state index contributed by atoms with van der Waals surface area (Å²) in [5, 5.41) is 7.90. The van der Waals surface area contributed by atoms with E-state index in [-0.39, 0.29) is 5.97 Å². The van der Waals surface area contributed by atoms with Gasteiger partial charge in [-0.3, -0.25) is 9.69 Å². The third kappa shape index (κ3) is 3.53. The number of carbonyl (C=O) groups excluding carboxylic acids is 1. The number of carbonyl (C=O) groups is 1. The van der Waals surface area contributed by atoms with Gasteiger partial charge in [0.25, 0.3) is 0 Å². The van der Waals surface area contributed by atoms with Crippen LogP contribution in [-0.2, 0) is 22.5 Å². The maximum atomic E-state index is 11.5. The van der Waals surface area contributed by atoms with E-state index in [1.54, 1.807) is 0 Å². The van der Waals surface area contributed by atoms with Crippen molar-refractivity contribution in [2.75, 3.05) is 13.2 Å². The van der Waals surface area contributed by atoms with E-state index < -0.39 is 0 Å². The smallest absolute Gasteiger partial charge is 0.320 e. The van der Waals surface area contributed by atoms with Crippen molar-refractivity contribution in [2.45, 2.75) is 45.7 Å². The number of ether oxygens (including phenoxy) is 1. The molecule has 0 aromatic carbocycles. The van der Waals surface area contributed by atoms with Crippen LogP contribution in [0.5, 0.6) is 0 Å². The van der Waals surface area contributed by atoms with Gasteiger partial charge in [0.15, 0.2) is 0 Å². The van der Waals surface area contributed by atoms with Crippen LogP contribution >= 0.6 is 0 Å². The van der Waals surface area contributed by atoms with Crippen molar-refractivity contribution in [3.05, 3.63) is 11.8 Å². The fourth-order valence-electron chi connectivity index (χ4n) is 1.80. The molecule has 1 aromatic rings. The zero-order valence-electron chi connectivity index (χ0n) is 10.9. The highest BCUT2D eigenvalue weighted by Gasteiger charge is 2.31. The van der Waals surface area contributed by atoms with Crippen molar-refractivity contribution in [3.8, 4) is 0 Å². The predicted octanol–water partition coefficient (Wildman–Crippen LogP) is 1.16. The van der Waals surface area contributed by atoms with Gasteiger partial charge >= 0.3 is 5.97 Å². The molecule has 0 radical (unpaired) electrons. The first-order chi connectivity index (χ1) is 8.72. The van der Waals surface area contributed by atoms with Gasteiger partial charge in [-0.25, -0.2) is 0 Å². The van der Waals surface area contributed by atoms with Crippen LogP contribution in [0.15, 0.2) is 4.42 Å². The maximum absolute atomic E-state index is 11.5. The molecule has 6 heteroatoms. The minimum absolute atomic E-state index is 0.195. The molecule has 0 amide bonds. The van der Waals surface area contributed by atoms with Gasteiger partial charge in [0.2, 0.25) is 11.8 Å². The Morgan fingerprint density at radius 1 is 1.39 bits per heavy atom. The van der Waals surface area contributed by atoms with E-state index in [2.05, 4.69) is 10.2 Å². The number of hydrogen-bond donors (Lipinski definition) is 0. The molecule has 1 saturated carbocycles. The maximum Gasteiger partial charge on any atom is 0.320 e. The highest BCUT2D eigenvalue weighted by atomic mass is 16.5. The van der Waals surface area contributed by atoms with Crippen molar-refractivity contribution >= 4 is 5.97 Å². The molecule has 2 rings (SSSR count). The van der Waals surface area contributed by atoms with Crippen molar-refractivity contribution in [1.29, 1.82) is 0 Å². The second-order valence-electron chi connectivity index (χ2n) is 4.38. The molecule has 1 heterocycles.